The second kappa shape index (κ2) is 7.42. The number of ether oxygens (including phenoxy) is 4. The van der Waals surface area contributed by atoms with Gasteiger partial charge in [0.05, 0.1) is 47.3 Å². The Morgan fingerprint density at radius 3 is 0.574 bits per heavy atom. The molecule has 14 aliphatic rings. The summed E-state index contributed by atoms with van der Waals surface area (Å²) in [6, 6.07) is 0. The minimum atomic E-state index is -0.378. The Labute approximate surface area is 266 Å². The maximum absolute atomic E-state index is 12.1. The molecule has 242 valence electrons. The molecule has 14 rings (SSSR count). The average Bonchev–Trinajstić information content (AvgIpc) is 3.79. The van der Waals surface area contributed by atoms with Crippen LogP contribution >= 0.6 is 0 Å². The Morgan fingerprint density at radius 2 is 0.404 bits per heavy atom. The standard InChI is InChI=1S/C20H18O6.C15H12O6/c21-17-13-9-3-1-4(10(9)14(13)18(22)25-17)8-6-2-5(7(3)8)11-12(6)16-15(11)19(23)26-20(16)24;16-12-8-4-2-1-3(6(4)10(8)14(18)20-12)7-5(2)9-11(7)15(19)21-13(9)17/h3-16H,1-2H2;2-11H,1H2. The topological polar surface area (TPSA) is 173 Å². The first-order chi connectivity index (χ1) is 22.7. The third kappa shape index (κ3) is 2.35. The zero-order valence-electron chi connectivity index (χ0n) is 24.9. The zero-order chi connectivity index (χ0) is 31.4. The highest BCUT2D eigenvalue weighted by molar-refractivity contribution is 6.01. The van der Waals surface area contributed by atoms with Gasteiger partial charge in [-0.25, -0.2) is 0 Å². The summed E-state index contributed by atoms with van der Waals surface area (Å²) in [6.07, 6.45) is 3.22. The minimum Gasteiger partial charge on any atom is -0.393 e. The Morgan fingerprint density at radius 1 is 0.255 bits per heavy atom. The van der Waals surface area contributed by atoms with Gasteiger partial charge in [0.15, 0.2) is 0 Å². The number of carbonyl (C=O) groups is 8. The summed E-state index contributed by atoms with van der Waals surface area (Å²) < 4.78 is 19.5. The van der Waals surface area contributed by atoms with E-state index < -0.39 is 0 Å². The van der Waals surface area contributed by atoms with Crippen molar-refractivity contribution in [2.24, 2.45) is 142 Å². The quantitative estimate of drug-likeness (QED) is 0.154. The second-order valence-electron chi connectivity index (χ2n) is 17.6. The normalized spacial score (nSPS) is 64.5. The summed E-state index contributed by atoms with van der Waals surface area (Å²) in [5.41, 5.74) is 0. The molecule has 12 nitrogen and oxygen atoms in total. The van der Waals surface area contributed by atoms with E-state index in [0.29, 0.717) is 59.2 Å². The van der Waals surface area contributed by atoms with E-state index >= 15 is 0 Å². The fourth-order valence-electron chi connectivity index (χ4n) is 17.2. The van der Waals surface area contributed by atoms with Crippen LogP contribution in [0.5, 0.6) is 0 Å². The number of cyclic esters (lactones) is 8. The van der Waals surface area contributed by atoms with E-state index in [4.69, 9.17) is 18.9 Å². The van der Waals surface area contributed by atoms with Gasteiger partial charge in [0, 0.05) is 0 Å². The first-order valence-electron chi connectivity index (χ1n) is 17.7. The molecule has 4 aliphatic heterocycles. The van der Waals surface area contributed by atoms with Gasteiger partial charge in [-0.3, -0.25) is 38.4 Å². The second-order valence-corrected chi connectivity index (χ2v) is 17.6. The fraction of sp³-hybridized carbons (Fsp3) is 0.771. The maximum atomic E-state index is 12.1. The lowest BCUT2D eigenvalue weighted by Gasteiger charge is -2.58. The van der Waals surface area contributed by atoms with Crippen molar-refractivity contribution in [2.45, 2.75) is 19.3 Å². The predicted molar refractivity (Wildman–Crippen MR) is 142 cm³/mol. The molecule has 0 aromatic heterocycles. The van der Waals surface area contributed by atoms with E-state index in [1.807, 2.05) is 0 Å². The Kier molecular flexibility index (Phi) is 4.03. The van der Waals surface area contributed by atoms with Crippen molar-refractivity contribution in [3.8, 4) is 0 Å². The van der Waals surface area contributed by atoms with Gasteiger partial charge in [-0.2, -0.15) is 0 Å². The van der Waals surface area contributed by atoms with Gasteiger partial charge in [-0.1, -0.05) is 0 Å². The summed E-state index contributed by atoms with van der Waals surface area (Å²) in [4.78, 5) is 95.8. The van der Waals surface area contributed by atoms with Crippen molar-refractivity contribution < 1.29 is 57.3 Å². The van der Waals surface area contributed by atoms with Gasteiger partial charge in [-0.05, 0) is 114 Å². The third-order valence-electron chi connectivity index (χ3n) is 17.6. The zero-order valence-corrected chi connectivity index (χ0v) is 24.9. The van der Waals surface area contributed by atoms with E-state index in [1.54, 1.807) is 0 Å². The number of rotatable bonds is 0. The summed E-state index contributed by atoms with van der Waals surface area (Å²) in [7, 11) is 0. The van der Waals surface area contributed by atoms with Crippen LogP contribution in [0.25, 0.3) is 0 Å². The van der Waals surface area contributed by atoms with Crippen molar-refractivity contribution in [2.75, 3.05) is 0 Å². The number of hydrogen-bond donors (Lipinski definition) is 0. The number of hydrogen-bond acceptors (Lipinski definition) is 12. The molecular weight excluding hydrogens is 612 g/mol. The van der Waals surface area contributed by atoms with E-state index in [1.165, 1.54) is 0 Å². The molecule has 0 aromatic rings. The van der Waals surface area contributed by atoms with Crippen LogP contribution in [0.1, 0.15) is 19.3 Å². The van der Waals surface area contributed by atoms with Crippen LogP contribution in [-0.4, -0.2) is 47.8 Å². The van der Waals surface area contributed by atoms with Crippen LogP contribution in [0.3, 0.4) is 0 Å². The van der Waals surface area contributed by atoms with Crippen LogP contribution < -0.4 is 0 Å². The van der Waals surface area contributed by atoms with Crippen LogP contribution in [-0.2, 0) is 57.3 Å². The number of carbonyl (C=O) groups excluding carboxylic acids is 8. The summed E-state index contributed by atoms with van der Waals surface area (Å²) in [6.45, 7) is 0. The largest absolute Gasteiger partial charge is 0.393 e. The molecule has 4 heterocycles. The first kappa shape index (κ1) is 25.6. The van der Waals surface area contributed by atoms with Crippen LogP contribution in [0, 0.1) is 142 Å². The molecule has 0 radical (unpaired) electrons. The summed E-state index contributed by atoms with van der Waals surface area (Å²) in [5, 5.41) is 0. The van der Waals surface area contributed by atoms with Gasteiger partial charge in [0.25, 0.3) is 0 Å². The minimum absolute atomic E-state index is 0.185. The molecule has 47 heavy (non-hydrogen) atoms. The Balaban J connectivity index is 0.000000108. The Bertz CT molecular complexity index is 1540. The summed E-state index contributed by atoms with van der Waals surface area (Å²) in [5.74, 6) is 1.26. The van der Waals surface area contributed by atoms with E-state index in [-0.39, 0.29) is 131 Å². The smallest absolute Gasteiger partial charge is 0.317 e. The van der Waals surface area contributed by atoms with E-state index in [9.17, 15) is 38.4 Å². The van der Waals surface area contributed by atoms with Crippen molar-refractivity contribution in [3.63, 3.8) is 0 Å². The molecule has 20 atom stereocenters. The molecule has 0 aromatic carbocycles. The first-order valence-corrected chi connectivity index (χ1v) is 17.7. The molecule has 4 saturated heterocycles. The van der Waals surface area contributed by atoms with Crippen LogP contribution in [0.2, 0.25) is 0 Å². The molecule has 0 amide bonds. The lowest BCUT2D eigenvalue weighted by Crippen LogP contribution is -2.62. The number of fused-ring (bicyclic) bond motifs is 35. The van der Waals surface area contributed by atoms with Crippen LogP contribution in [0.4, 0.5) is 0 Å². The Hall–Kier alpha value is -3.44. The predicted octanol–water partition coefficient (Wildman–Crippen LogP) is 0.402. The summed E-state index contributed by atoms with van der Waals surface area (Å²) >= 11 is 0. The molecule has 10 aliphatic carbocycles. The molecule has 12 heteroatoms. The molecule has 0 spiro atoms. The molecule has 10 saturated carbocycles. The highest BCUT2D eigenvalue weighted by atomic mass is 16.6. The highest BCUT2D eigenvalue weighted by Gasteiger charge is 2.84. The van der Waals surface area contributed by atoms with Crippen molar-refractivity contribution in [3.05, 3.63) is 0 Å². The van der Waals surface area contributed by atoms with Gasteiger partial charge in [0.2, 0.25) is 0 Å². The van der Waals surface area contributed by atoms with Crippen molar-refractivity contribution in [1.29, 1.82) is 0 Å². The van der Waals surface area contributed by atoms with Crippen LogP contribution in [0.15, 0.2) is 0 Å². The van der Waals surface area contributed by atoms with E-state index in [2.05, 4.69) is 0 Å². The van der Waals surface area contributed by atoms with Crippen molar-refractivity contribution in [1.82, 2.24) is 0 Å². The fourth-order valence-corrected chi connectivity index (χ4v) is 17.2. The molecule has 20 unspecified atom stereocenters. The lowest BCUT2D eigenvalue weighted by molar-refractivity contribution is -0.176. The monoisotopic (exact) mass is 642 g/mol. The van der Waals surface area contributed by atoms with Gasteiger partial charge in [0.1, 0.15) is 0 Å². The molecule has 6 bridgehead atoms. The van der Waals surface area contributed by atoms with Gasteiger partial charge < -0.3 is 18.9 Å². The van der Waals surface area contributed by atoms with Crippen molar-refractivity contribution >= 4 is 47.8 Å². The lowest BCUT2D eigenvalue weighted by atomic mass is 9.41. The number of esters is 8. The highest BCUT2D eigenvalue weighted by Crippen LogP contribution is 2.82. The molecular formula is C35H30O12. The average molecular weight is 643 g/mol. The molecule has 0 N–H and O–H groups in total. The third-order valence-corrected chi connectivity index (χ3v) is 17.6. The van der Waals surface area contributed by atoms with Gasteiger partial charge >= 0.3 is 47.8 Å². The van der Waals surface area contributed by atoms with E-state index in [0.717, 1.165) is 19.3 Å². The van der Waals surface area contributed by atoms with Gasteiger partial charge in [-0.15, -0.1) is 0 Å². The molecule has 14 fully saturated rings. The maximum Gasteiger partial charge on any atom is 0.317 e. The SMILES string of the molecule is O=C1OC(=O)C2C1C1C3CC(C21)C1C2C(=O)OC(=O)C2C31.O=C1OC(=O)C2C1C1C3CC(C4C5CC(C34)C3C4C(=O)OC(=O)C4C53)C21.